The fourth-order valence-electron chi connectivity index (χ4n) is 3.11. The molecule has 1 atom stereocenters. The number of rotatable bonds is 9. The summed E-state index contributed by atoms with van der Waals surface area (Å²) in [5.74, 6) is 1.34. The summed E-state index contributed by atoms with van der Waals surface area (Å²) in [6.45, 7) is 1.73. The molecule has 1 amide bonds. The van der Waals surface area contributed by atoms with Gasteiger partial charge >= 0.3 is 0 Å². The molecule has 13 heteroatoms. The zero-order valence-electron chi connectivity index (χ0n) is 19.5. The summed E-state index contributed by atoms with van der Waals surface area (Å²) in [5, 5.41) is 13.8. The van der Waals surface area contributed by atoms with Gasteiger partial charge in [0.1, 0.15) is 0 Å². The zero-order valence-corrected chi connectivity index (χ0v) is 22.6. The third-order valence-corrected chi connectivity index (χ3v) is 7.35. The number of carbonyl (C=O) groups is 1. The van der Waals surface area contributed by atoms with Crippen LogP contribution in [0.15, 0.2) is 45.4 Å². The number of ether oxygens (including phenoxy) is 3. The molecular formula is C23H20Cl2N4O5S2. The maximum absolute atomic E-state index is 12.7. The first-order valence-electron chi connectivity index (χ1n) is 10.3. The molecule has 0 fully saturated rings. The average molecular weight is 567 g/mol. The number of anilines is 1. The molecule has 4 rings (SSSR count). The van der Waals surface area contributed by atoms with Crippen molar-refractivity contribution < 1.29 is 23.4 Å². The molecule has 0 aliphatic carbocycles. The molecule has 0 unspecified atom stereocenters. The van der Waals surface area contributed by atoms with E-state index >= 15 is 0 Å². The highest BCUT2D eigenvalue weighted by molar-refractivity contribution is 8.00. The number of hydrogen-bond donors (Lipinski definition) is 1. The van der Waals surface area contributed by atoms with Crippen LogP contribution in [0, 0.1) is 0 Å². The van der Waals surface area contributed by atoms with Crippen molar-refractivity contribution in [2.24, 2.45) is 0 Å². The van der Waals surface area contributed by atoms with Gasteiger partial charge in [-0.05, 0) is 31.2 Å². The molecular weight excluding hydrogens is 547 g/mol. The molecule has 0 bridgehead atoms. The molecule has 4 aromatic rings. The molecule has 9 nitrogen and oxygen atoms in total. The Kier molecular flexibility index (Phi) is 8.24. The van der Waals surface area contributed by atoms with Gasteiger partial charge in [0.15, 0.2) is 16.6 Å². The molecule has 0 aliphatic heterocycles. The minimum absolute atomic E-state index is 0.233. The van der Waals surface area contributed by atoms with E-state index in [9.17, 15) is 4.79 Å². The van der Waals surface area contributed by atoms with E-state index in [1.807, 2.05) is 11.4 Å². The van der Waals surface area contributed by atoms with Crippen molar-refractivity contribution in [3.8, 4) is 40.0 Å². The van der Waals surface area contributed by atoms with Gasteiger partial charge in [0.2, 0.25) is 17.5 Å². The molecule has 2 aromatic heterocycles. The number of nitrogens with zero attached hydrogens (tertiary/aromatic N) is 3. The molecule has 188 valence electrons. The van der Waals surface area contributed by atoms with Crippen molar-refractivity contribution in [3.05, 3.63) is 45.8 Å². The van der Waals surface area contributed by atoms with Gasteiger partial charge in [0.25, 0.3) is 5.22 Å². The Morgan fingerprint density at radius 1 is 1.03 bits per heavy atom. The molecule has 0 radical (unpaired) electrons. The van der Waals surface area contributed by atoms with E-state index in [1.54, 1.807) is 31.2 Å². The second-order valence-electron chi connectivity index (χ2n) is 7.20. The van der Waals surface area contributed by atoms with E-state index in [2.05, 4.69) is 20.5 Å². The molecule has 0 spiro atoms. The number of nitrogens with one attached hydrogen (secondary N) is 1. The van der Waals surface area contributed by atoms with Crippen LogP contribution in [0.3, 0.4) is 0 Å². The highest BCUT2D eigenvalue weighted by atomic mass is 35.5. The Labute approximate surface area is 225 Å². The fourth-order valence-corrected chi connectivity index (χ4v) is 4.81. The highest BCUT2D eigenvalue weighted by Crippen LogP contribution is 2.41. The summed E-state index contributed by atoms with van der Waals surface area (Å²) < 4.78 is 21.8. The van der Waals surface area contributed by atoms with Crippen LogP contribution in [0.2, 0.25) is 10.0 Å². The Balaban J connectivity index is 1.43. The van der Waals surface area contributed by atoms with E-state index in [0.29, 0.717) is 43.7 Å². The number of thioether (sulfide) groups is 1. The van der Waals surface area contributed by atoms with Crippen molar-refractivity contribution in [2.45, 2.75) is 17.4 Å². The number of amides is 1. The van der Waals surface area contributed by atoms with Gasteiger partial charge < -0.3 is 23.9 Å². The van der Waals surface area contributed by atoms with Gasteiger partial charge in [-0.25, -0.2) is 4.98 Å². The first-order chi connectivity index (χ1) is 17.3. The van der Waals surface area contributed by atoms with Gasteiger partial charge in [0, 0.05) is 16.5 Å². The Hall–Kier alpha value is -2.99. The minimum Gasteiger partial charge on any atom is -0.493 e. The number of carbonyl (C=O) groups excluding carboxylic acids is 1. The minimum atomic E-state index is -0.532. The van der Waals surface area contributed by atoms with Crippen LogP contribution >= 0.6 is 46.3 Å². The van der Waals surface area contributed by atoms with E-state index in [0.717, 1.165) is 17.3 Å². The summed E-state index contributed by atoms with van der Waals surface area (Å²) in [7, 11) is 4.56. The van der Waals surface area contributed by atoms with Crippen LogP contribution in [0.5, 0.6) is 17.2 Å². The summed E-state index contributed by atoms with van der Waals surface area (Å²) in [5.41, 5.74) is 2.06. The van der Waals surface area contributed by atoms with Crippen molar-refractivity contribution in [3.63, 3.8) is 0 Å². The van der Waals surface area contributed by atoms with Crippen LogP contribution in [0.4, 0.5) is 5.13 Å². The highest BCUT2D eigenvalue weighted by Gasteiger charge is 2.22. The summed E-state index contributed by atoms with van der Waals surface area (Å²) >= 11 is 14.5. The zero-order chi connectivity index (χ0) is 25.8. The molecule has 0 saturated carbocycles. The van der Waals surface area contributed by atoms with Crippen molar-refractivity contribution >= 4 is 57.3 Å². The van der Waals surface area contributed by atoms with E-state index in [4.69, 9.17) is 41.8 Å². The van der Waals surface area contributed by atoms with E-state index in [-0.39, 0.29) is 17.0 Å². The smallest absolute Gasteiger partial charge is 0.277 e. The van der Waals surface area contributed by atoms with Gasteiger partial charge in [-0.3, -0.25) is 4.79 Å². The largest absolute Gasteiger partial charge is 0.493 e. The predicted octanol–water partition coefficient (Wildman–Crippen LogP) is 6.31. The van der Waals surface area contributed by atoms with Gasteiger partial charge in [-0.15, -0.1) is 21.5 Å². The normalized spacial score (nSPS) is 11.7. The molecule has 1 N–H and O–H groups in total. The maximum Gasteiger partial charge on any atom is 0.277 e. The van der Waals surface area contributed by atoms with Crippen molar-refractivity contribution in [1.82, 2.24) is 15.2 Å². The van der Waals surface area contributed by atoms with Crippen molar-refractivity contribution in [2.75, 3.05) is 26.6 Å². The van der Waals surface area contributed by atoms with Gasteiger partial charge in [0.05, 0.1) is 42.3 Å². The monoisotopic (exact) mass is 566 g/mol. The number of aromatic nitrogens is 3. The first-order valence-corrected chi connectivity index (χ1v) is 12.9. The number of benzene rings is 2. The van der Waals surface area contributed by atoms with Crippen LogP contribution in [0.25, 0.3) is 22.7 Å². The maximum atomic E-state index is 12.7. The summed E-state index contributed by atoms with van der Waals surface area (Å²) in [6, 6.07) is 8.64. The molecule has 0 saturated heterocycles. The van der Waals surface area contributed by atoms with Crippen LogP contribution in [0.1, 0.15) is 6.92 Å². The third-order valence-electron chi connectivity index (χ3n) is 4.91. The van der Waals surface area contributed by atoms with E-state index < -0.39 is 5.25 Å². The molecule has 2 aromatic carbocycles. The van der Waals surface area contributed by atoms with Crippen LogP contribution < -0.4 is 19.5 Å². The lowest BCUT2D eigenvalue weighted by atomic mass is 10.2. The fraction of sp³-hybridized carbons (Fsp3) is 0.217. The number of methoxy groups -OCH3 is 3. The lowest BCUT2D eigenvalue weighted by molar-refractivity contribution is -0.115. The first kappa shape index (κ1) is 26.1. The quantitative estimate of drug-likeness (QED) is 0.233. The van der Waals surface area contributed by atoms with E-state index in [1.165, 1.54) is 32.7 Å². The van der Waals surface area contributed by atoms with Crippen LogP contribution in [-0.2, 0) is 4.79 Å². The Morgan fingerprint density at radius 2 is 1.75 bits per heavy atom. The lowest BCUT2D eigenvalue weighted by Crippen LogP contribution is -2.22. The van der Waals surface area contributed by atoms with Crippen LogP contribution in [-0.4, -0.2) is 47.7 Å². The Morgan fingerprint density at radius 3 is 2.39 bits per heavy atom. The second kappa shape index (κ2) is 11.4. The van der Waals surface area contributed by atoms with Gasteiger partial charge in [-0.1, -0.05) is 41.0 Å². The summed E-state index contributed by atoms with van der Waals surface area (Å²) in [4.78, 5) is 17.2. The number of hydrogen-bond acceptors (Lipinski definition) is 10. The van der Waals surface area contributed by atoms with Gasteiger partial charge in [-0.2, -0.15) is 0 Å². The number of thiazole rings is 1. The standard InChI is InChI=1S/C23H20Cl2N4O5S2/c1-11(20(30)27-22-26-16(10-35-22)12-5-6-14(24)15(25)7-12)36-23-29-28-21(34-23)13-8-17(31-2)19(33-4)18(9-13)32-3/h5-11H,1-4H3,(H,26,27,30)/t11-/m0/s1. The second-order valence-corrected chi connectivity index (χ2v) is 10.2. The summed E-state index contributed by atoms with van der Waals surface area (Å²) in [6.07, 6.45) is 0. The molecule has 36 heavy (non-hydrogen) atoms. The molecule has 2 heterocycles. The lowest BCUT2D eigenvalue weighted by Gasteiger charge is -2.12. The Bertz CT molecular complexity index is 1370. The number of halogens is 2. The predicted molar refractivity (Wildman–Crippen MR) is 141 cm³/mol. The molecule has 0 aliphatic rings. The average Bonchev–Trinajstić information content (AvgIpc) is 3.54. The third kappa shape index (κ3) is 5.70. The SMILES string of the molecule is COc1cc(-c2nnc(S[C@@H](C)C(=O)Nc3nc(-c4ccc(Cl)c(Cl)c4)cs3)o2)cc(OC)c1OC. The topological polar surface area (TPSA) is 109 Å². The van der Waals surface area contributed by atoms with Crippen molar-refractivity contribution in [1.29, 1.82) is 0 Å².